The van der Waals surface area contributed by atoms with Gasteiger partial charge in [-0.15, -0.1) is 0 Å². The Balaban J connectivity index is 1.40. The zero-order valence-electron chi connectivity index (χ0n) is 22.2. The molecule has 1 amide bonds. The van der Waals surface area contributed by atoms with Crippen LogP contribution in [0.25, 0.3) is 0 Å². The van der Waals surface area contributed by atoms with Crippen molar-refractivity contribution in [2.45, 2.75) is 44.5 Å². The van der Waals surface area contributed by atoms with Gasteiger partial charge in [-0.05, 0) is 43.4 Å². The molecule has 2 aromatic rings. The maximum atomic E-state index is 13.7. The molecule has 2 fully saturated rings. The third-order valence-corrected chi connectivity index (χ3v) is 7.41. The van der Waals surface area contributed by atoms with Crippen molar-refractivity contribution in [3.8, 4) is 0 Å². The number of halogens is 6. The number of carbonyl (C=O) groups excluding carboxylic acids is 2. The minimum absolute atomic E-state index is 0.0448. The van der Waals surface area contributed by atoms with Crippen LogP contribution in [0.2, 0.25) is 0 Å². The smallest absolute Gasteiger partial charge is 0.387 e. The lowest BCUT2D eigenvalue weighted by atomic mass is 9.90. The normalized spacial score (nSPS) is 18.5. The zero-order chi connectivity index (χ0) is 29.8. The van der Waals surface area contributed by atoms with Crippen LogP contribution in [0.15, 0.2) is 30.3 Å². The number of anilines is 2. The monoisotopic (exact) mass is 587 g/mol. The van der Waals surface area contributed by atoms with Crippen molar-refractivity contribution in [3.05, 3.63) is 47.3 Å². The first-order valence-electron chi connectivity index (χ1n) is 13.4. The highest BCUT2D eigenvalue weighted by Gasteiger charge is 2.37. The number of carbonyl (C=O) groups is 2. The molecule has 0 unspecified atom stereocenters. The van der Waals surface area contributed by atoms with Crippen molar-refractivity contribution in [1.29, 1.82) is 0 Å². The summed E-state index contributed by atoms with van der Waals surface area (Å²) in [5, 5.41) is 9.06. The third-order valence-electron chi connectivity index (χ3n) is 7.41. The molecule has 1 aromatic carbocycles. The number of piperazine rings is 1. The minimum atomic E-state index is -4.79. The maximum Gasteiger partial charge on any atom is 0.451 e. The van der Waals surface area contributed by atoms with E-state index in [1.165, 1.54) is 23.1 Å². The lowest BCUT2D eigenvalue weighted by molar-refractivity contribution is -0.145. The van der Waals surface area contributed by atoms with Gasteiger partial charge in [-0.2, -0.15) is 26.3 Å². The molecule has 224 valence electrons. The predicted molar refractivity (Wildman–Crippen MR) is 137 cm³/mol. The van der Waals surface area contributed by atoms with Gasteiger partial charge in [0.2, 0.25) is 11.7 Å². The summed E-state index contributed by atoms with van der Waals surface area (Å²) in [6, 6.07) is 6.28. The number of alkyl halides is 6. The van der Waals surface area contributed by atoms with Crippen molar-refractivity contribution in [3.63, 3.8) is 0 Å². The van der Waals surface area contributed by atoms with E-state index < -0.39 is 42.2 Å². The van der Waals surface area contributed by atoms with Crippen molar-refractivity contribution in [1.82, 2.24) is 14.9 Å². The van der Waals surface area contributed by atoms with Crippen molar-refractivity contribution in [2.24, 2.45) is 5.92 Å². The van der Waals surface area contributed by atoms with Gasteiger partial charge in [0.1, 0.15) is 24.0 Å². The van der Waals surface area contributed by atoms with Gasteiger partial charge in [-0.25, -0.2) is 9.97 Å². The quantitative estimate of drug-likeness (QED) is 0.468. The molecule has 3 heterocycles. The molecule has 8 nitrogen and oxygen atoms in total. The van der Waals surface area contributed by atoms with Crippen LogP contribution in [-0.4, -0.2) is 77.5 Å². The molecule has 4 rings (SSSR count). The fourth-order valence-corrected chi connectivity index (χ4v) is 5.14. The summed E-state index contributed by atoms with van der Waals surface area (Å²) in [6.45, 7) is 0.909. The zero-order valence-corrected chi connectivity index (χ0v) is 22.2. The van der Waals surface area contributed by atoms with Gasteiger partial charge >= 0.3 is 12.4 Å². The molecule has 0 radical (unpaired) electrons. The van der Waals surface area contributed by atoms with Gasteiger partial charge in [0.15, 0.2) is 0 Å². The Kier molecular flexibility index (Phi) is 9.40. The molecule has 2 aliphatic rings. The summed E-state index contributed by atoms with van der Waals surface area (Å²) in [5.74, 6) is -2.05. The number of aliphatic hydroxyl groups is 1. The molecule has 2 aliphatic heterocycles. The number of hydrogen-bond donors (Lipinski definition) is 1. The molecule has 0 saturated carbocycles. The van der Waals surface area contributed by atoms with E-state index in [1.54, 1.807) is 9.80 Å². The van der Waals surface area contributed by atoms with E-state index in [9.17, 15) is 35.9 Å². The van der Waals surface area contributed by atoms with Gasteiger partial charge in [0.05, 0.1) is 5.56 Å². The number of rotatable bonds is 8. The molecule has 1 aromatic heterocycles. The number of hydrogen-bond acceptors (Lipinski definition) is 7. The Labute approximate surface area is 233 Å². The molecule has 0 bridgehead atoms. The molecule has 2 saturated heterocycles. The second-order valence-electron chi connectivity index (χ2n) is 10.2. The molecular formula is C27H31F6N5O3. The van der Waals surface area contributed by atoms with Crippen LogP contribution in [0.5, 0.6) is 0 Å². The summed E-state index contributed by atoms with van der Waals surface area (Å²) < 4.78 is 79.4. The van der Waals surface area contributed by atoms with Gasteiger partial charge < -0.3 is 19.8 Å². The third kappa shape index (κ3) is 7.86. The van der Waals surface area contributed by atoms with Crippen molar-refractivity contribution in [2.75, 3.05) is 55.7 Å². The first-order chi connectivity index (χ1) is 19.3. The van der Waals surface area contributed by atoms with Crippen LogP contribution in [0.1, 0.15) is 42.6 Å². The van der Waals surface area contributed by atoms with E-state index in [2.05, 4.69) is 9.97 Å². The molecule has 14 heteroatoms. The Morgan fingerprint density at radius 1 is 0.878 bits per heavy atom. The molecule has 41 heavy (non-hydrogen) atoms. The van der Waals surface area contributed by atoms with E-state index in [-0.39, 0.29) is 56.6 Å². The number of aliphatic hydroxyl groups excluding tert-OH is 1. The van der Waals surface area contributed by atoms with Crippen LogP contribution in [-0.2, 0) is 28.4 Å². The lowest BCUT2D eigenvalue weighted by Crippen LogP contribution is -2.50. The second kappa shape index (κ2) is 12.6. The van der Waals surface area contributed by atoms with Crippen molar-refractivity contribution < 1.29 is 41.0 Å². The number of aryl methyl sites for hydroxylation is 1. The van der Waals surface area contributed by atoms with Gasteiger partial charge in [-0.1, -0.05) is 12.1 Å². The minimum Gasteiger partial charge on any atom is -0.387 e. The van der Waals surface area contributed by atoms with Gasteiger partial charge in [0.25, 0.3) is 0 Å². The maximum absolute atomic E-state index is 13.7. The highest BCUT2D eigenvalue weighted by atomic mass is 19.4. The SMILES string of the molecule is O=C(CCCc1ccc(C(F)(F)F)cc1)[C@@H]1CCCN(c2cc(N3CCN(C(=O)CO)CC3)nc(C(F)(F)F)n2)C1. The number of aromatic nitrogens is 2. The largest absolute Gasteiger partial charge is 0.451 e. The Bertz CT molecular complexity index is 1210. The molecular weight excluding hydrogens is 556 g/mol. The van der Waals surface area contributed by atoms with Crippen molar-refractivity contribution >= 4 is 23.3 Å². The standard InChI is InChI=1S/C27H31F6N5O3/c28-26(29,30)20-8-6-18(7-9-20)3-1-5-21(40)19-4-2-10-38(16-19)23-15-22(34-25(35-23)27(31,32)33)36-11-13-37(14-12-36)24(41)17-39/h6-9,15,19,39H,1-5,10-14,16-17H2/t19-/m1/s1. The van der Waals surface area contributed by atoms with Gasteiger partial charge in [0, 0.05) is 57.7 Å². The molecule has 0 aliphatic carbocycles. The van der Waals surface area contributed by atoms with Crippen LogP contribution in [0.4, 0.5) is 38.0 Å². The second-order valence-corrected chi connectivity index (χ2v) is 10.2. The number of Topliss-reactive ketones (excluding diaryl/α,β-unsaturated/α-hetero) is 1. The number of ketones is 1. The Morgan fingerprint density at radius 3 is 2.10 bits per heavy atom. The fourth-order valence-electron chi connectivity index (χ4n) is 5.14. The van der Waals surface area contributed by atoms with Crippen LogP contribution in [0, 0.1) is 5.92 Å². The predicted octanol–water partition coefficient (Wildman–Crippen LogP) is 3.96. The van der Waals surface area contributed by atoms with Crippen LogP contribution < -0.4 is 9.80 Å². The van der Waals surface area contributed by atoms with Crippen LogP contribution in [0.3, 0.4) is 0 Å². The van der Waals surface area contributed by atoms with E-state index >= 15 is 0 Å². The average molecular weight is 588 g/mol. The van der Waals surface area contributed by atoms with E-state index in [4.69, 9.17) is 5.11 Å². The first-order valence-corrected chi connectivity index (χ1v) is 13.4. The summed E-state index contributed by atoms with van der Waals surface area (Å²) in [7, 11) is 0. The highest BCUT2D eigenvalue weighted by molar-refractivity contribution is 5.82. The Hall–Kier alpha value is -3.42. The topological polar surface area (TPSA) is 89.9 Å². The van der Waals surface area contributed by atoms with E-state index in [0.717, 1.165) is 12.1 Å². The number of amides is 1. The van der Waals surface area contributed by atoms with E-state index in [1.807, 2.05) is 0 Å². The Morgan fingerprint density at radius 2 is 1.51 bits per heavy atom. The van der Waals surface area contributed by atoms with E-state index in [0.29, 0.717) is 37.8 Å². The first kappa shape index (κ1) is 30.5. The van der Waals surface area contributed by atoms with Gasteiger partial charge in [-0.3, -0.25) is 9.59 Å². The molecule has 0 spiro atoms. The molecule has 1 atom stereocenters. The summed E-state index contributed by atoms with van der Waals surface area (Å²) in [4.78, 5) is 36.9. The average Bonchev–Trinajstić information content (AvgIpc) is 2.96. The van der Waals surface area contributed by atoms with Crippen LogP contribution >= 0.6 is 0 Å². The lowest BCUT2D eigenvalue weighted by Gasteiger charge is -2.36. The molecule has 1 N–H and O–H groups in total. The summed E-state index contributed by atoms with van der Waals surface area (Å²) in [6.07, 6.45) is -6.95. The number of benzene rings is 1. The fraction of sp³-hybridized carbons (Fsp3) is 0.556. The number of nitrogens with zero attached hydrogens (tertiary/aromatic N) is 5. The summed E-state index contributed by atoms with van der Waals surface area (Å²) >= 11 is 0. The highest BCUT2D eigenvalue weighted by Crippen LogP contribution is 2.33. The summed E-state index contributed by atoms with van der Waals surface area (Å²) in [5.41, 5.74) is -0.0499. The number of piperidine rings is 1.